The number of esters is 1. The van der Waals surface area contributed by atoms with Crippen molar-refractivity contribution < 1.29 is 23.9 Å². The largest absolute Gasteiger partial charge is 0.464 e. The summed E-state index contributed by atoms with van der Waals surface area (Å²) in [6, 6.07) is 3.35. The van der Waals surface area contributed by atoms with Crippen molar-refractivity contribution in [3.63, 3.8) is 0 Å². The third-order valence-corrected chi connectivity index (χ3v) is 5.14. The molecule has 114 valence electrons. The van der Waals surface area contributed by atoms with E-state index in [9.17, 15) is 14.4 Å². The topological polar surface area (TPSA) is 69.7 Å². The maximum atomic E-state index is 12.3. The lowest BCUT2D eigenvalue weighted by molar-refractivity contribution is -0.148. The van der Waals surface area contributed by atoms with Gasteiger partial charge < -0.3 is 9.47 Å². The second-order valence-corrected chi connectivity index (χ2v) is 6.63. The molecule has 0 N–H and O–H groups in total. The molecule has 22 heavy (non-hydrogen) atoms. The summed E-state index contributed by atoms with van der Waals surface area (Å²) in [4.78, 5) is 37.6. The maximum absolute atomic E-state index is 12.3. The molecule has 7 heteroatoms. The van der Waals surface area contributed by atoms with Gasteiger partial charge >= 0.3 is 5.97 Å². The van der Waals surface area contributed by atoms with Gasteiger partial charge in [0.15, 0.2) is 5.78 Å². The van der Waals surface area contributed by atoms with Gasteiger partial charge in [0.25, 0.3) is 0 Å². The molecule has 2 heterocycles. The first kappa shape index (κ1) is 15.1. The molecule has 0 atom stereocenters. The Bertz CT molecular complexity index is 708. The lowest BCUT2D eigenvalue weighted by atomic mass is 9.95. The first-order valence-corrected chi connectivity index (χ1v) is 8.34. The van der Waals surface area contributed by atoms with Crippen molar-refractivity contribution in [1.29, 1.82) is 0 Å². The highest BCUT2D eigenvalue weighted by molar-refractivity contribution is 7.17. The Morgan fingerprint density at radius 2 is 2.00 bits per heavy atom. The Morgan fingerprint density at radius 3 is 2.77 bits per heavy atom. The van der Waals surface area contributed by atoms with Crippen molar-refractivity contribution in [2.24, 2.45) is 0 Å². The SMILES string of the molecule is CCOC(=O)COCc1cc2c(s1)C(=O)c1sccc1C2=O. The first-order valence-electron chi connectivity index (χ1n) is 6.64. The van der Waals surface area contributed by atoms with Gasteiger partial charge in [-0.15, -0.1) is 22.7 Å². The van der Waals surface area contributed by atoms with Gasteiger partial charge in [-0.3, -0.25) is 9.59 Å². The Morgan fingerprint density at radius 1 is 1.18 bits per heavy atom. The zero-order valence-corrected chi connectivity index (χ0v) is 13.3. The Labute approximate surface area is 134 Å². The number of carbonyl (C=O) groups excluding carboxylic acids is 3. The minimum atomic E-state index is -0.432. The fraction of sp³-hybridized carbons (Fsp3) is 0.267. The van der Waals surface area contributed by atoms with Gasteiger partial charge in [-0.2, -0.15) is 0 Å². The normalized spacial score (nSPS) is 13.0. The van der Waals surface area contributed by atoms with E-state index < -0.39 is 5.97 Å². The summed E-state index contributed by atoms with van der Waals surface area (Å²) >= 11 is 2.52. The molecule has 0 bridgehead atoms. The molecule has 0 unspecified atom stereocenters. The van der Waals surface area contributed by atoms with Gasteiger partial charge in [0, 0.05) is 16.0 Å². The van der Waals surface area contributed by atoms with E-state index in [1.54, 1.807) is 24.4 Å². The highest BCUT2D eigenvalue weighted by Gasteiger charge is 2.32. The fourth-order valence-electron chi connectivity index (χ4n) is 2.20. The van der Waals surface area contributed by atoms with Crippen LogP contribution in [0, 0.1) is 0 Å². The van der Waals surface area contributed by atoms with E-state index in [2.05, 4.69) is 0 Å². The van der Waals surface area contributed by atoms with Crippen molar-refractivity contribution in [3.8, 4) is 0 Å². The van der Waals surface area contributed by atoms with Crippen LogP contribution in [-0.2, 0) is 20.9 Å². The Balaban J connectivity index is 1.74. The van der Waals surface area contributed by atoms with Crippen LogP contribution >= 0.6 is 22.7 Å². The van der Waals surface area contributed by atoms with Crippen LogP contribution in [0.25, 0.3) is 0 Å². The summed E-state index contributed by atoms with van der Waals surface area (Å²) in [5.74, 6) is -0.668. The predicted octanol–water partition coefficient (Wildman–Crippen LogP) is 2.66. The van der Waals surface area contributed by atoms with E-state index >= 15 is 0 Å². The smallest absolute Gasteiger partial charge is 0.332 e. The minimum absolute atomic E-state index is 0.110. The quantitative estimate of drug-likeness (QED) is 0.670. The van der Waals surface area contributed by atoms with E-state index in [4.69, 9.17) is 9.47 Å². The van der Waals surface area contributed by atoms with Gasteiger partial charge in [0.05, 0.1) is 23.0 Å². The third-order valence-electron chi connectivity index (χ3n) is 3.12. The standard InChI is InChI=1S/C15H12O5S2/c1-2-20-11(16)7-19-6-8-5-10-12(17)9-3-4-21-14(9)13(18)15(10)22-8/h3-5H,2,6-7H2,1H3. The minimum Gasteiger partial charge on any atom is -0.464 e. The van der Waals surface area contributed by atoms with Crippen LogP contribution in [0.4, 0.5) is 0 Å². The van der Waals surface area contributed by atoms with Gasteiger partial charge in [0.1, 0.15) is 6.61 Å². The van der Waals surface area contributed by atoms with Crippen molar-refractivity contribution in [2.45, 2.75) is 13.5 Å². The first-order chi connectivity index (χ1) is 10.6. The van der Waals surface area contributed by atoms with Crippen LogP contribution in [0.15, 0.2) is 17.5 Å². The van der Waals surface area contributed by atoms with E-state index in [0.29, 0.717) is 27.5 Å². The predicted molar refractivity (Wildman–Crippen MR) is 81.8 cm³/mol. The summed E-state index contributed by atoms with van der Waals surface area (Å²) < 4.78 is 10.0. The molecule has 0 amide bonds. The van der Waals surface area contributed by atoms with Gasteiger partial charge in [-0.05, 0) is 24.4 Å². The monoisotopic (exact) mass is 336 g/mol. The van der Waals surface area contributed by atoms with Crippen LogP contribution in [-0.4, -0.2) is 30.7 Å². The Kier molecular flexibility index (Phi) is 4.19. The molecule has 2 aromatic rings. The number of ether oxygens (including phenoxy) is 2. The summed E-state index contributed by atoms with van der Waals surface area (Å²) in [6.45, 7) is 2.05. The van der Waals surface area contributed by atoms with E-state index in [1.165, 1.54) is 22.7 Å². The molecule has 0 radical (unpaired) electrons. The molecular weight excluding hydrogens is 324 g/mol. The number of fused-ring (bicyclic) bond motifs is 2. The number of carbonyl (C=O) groups is 3. The molecule has 3 rings (SSSR count). The third kappa shape index (κ3) is 2.63. The van der Waals surface area contributed by atoms with Crippen LogP contribution in [0.1, 0.15) is 42.3 Å². The molecule has 0 spiro atoms. The maximum Gasteiger partial charge on any atom is 0.332 e. The zero-order valence-electron chi connectivity index (χ0n) is 11.7. The summed E-state index contributed by atoms with van der Waals surface area (Å²) in [7, 11) is 0. The number of hydrogen-bond donors (Lipinski definition) is 0. The summed E-state index contributed by atoms with van der Waals surface area (Å²) in [5.41, 5.74) is 0.898. The van der Waals surface area contributed by atoms with Crippen LogP contribution in [0.3, 0.4) is 0 Å². The number of hydrogen-bond acceptors (Lipinski definition) is 7. The van der Waals surface area contributed by atoms with Crippen molar-refractivity contribution in [1.82, 2.24) is 0 Å². The molecule has 2 aromatic heterocycles. The van der Waals surface area contributed by atoms with Crippen molar-refractivity contribution >= 4 is 40.2 Å². The van der Waals surface area contributed by atoms with Crippen molar-refractivity contribution in [3.05, 3.63) is 43.3 Å². The van der Waals surface area contributed by atoms with E-state index in [0.717, 1.165) is 4.88 Å². The molecule has 0 aliphatic heterocycles. The molecule has 0 saturated heterocycles. The number of ketones is 2. The molecule has 1 aliphatic rings. The molecule has 0 aromatic carbocycles. The van der Waals surface area contributed by atoms with Gasteiger partial charge in [-0.25, -0.2) is 4.79 Å². The lowest BCUT2D eigenvalue weighted by Crippen LogP contribution is -2.15. The number of rotatable bonds is 5. The van der Waals surface area contributed by atoms with Gasteiger partial charge in [-0.1, -0.05) is 0 Å². The molecule has 1 aliphatic carbocycles. The average molecular weight is 336 g/mol. The molecule has 0 saturated carbocycles. The molecule has 5 nitrogen and oxygen atoms in total. The molecule has 0 fully saturated rings. The summed E-state index contributed by atoms with van der Waals surface area (Å²) in [5, 5.41) is 1.75. The zero-order chi connectivity index (χ0) is 15.7. The van der Waals surface area contributed by atoms with Gasteiger partial charge in [0.2, 0.25) is 5.78 Å². The number of thiophene rings is 2. The van der Waals surface area contributed by atoms with Crippen LogP contribution < -0.4 is 0 Å². The second kappa shape index (κ2) is 6.12. The summed E-state index contributed by atoms with van der Waals surface area (Å²) in [6.07, 6.45) is 0. The highest BCUT2D eigenvalue weighted by Crippen LogP contribution is 2.35. The van der Waals surface area contributed by atoms with Crippen LogP contribution in [0.2, 0.25) is 0 Å². The van der Waals surface area contributed by atoms with Crippen LogP contribution in [0.5, 0.6) is 0 Å². The second-order valence-electron chi connectivity index (χ2n) is 4.57. The lowest BCUT2D eigenvalue weighted by Gasteiger charge is -2.08. The highest BCUT2D eigenvalue weighted by atomic mass is 32.1. The fourth-order valence-corrected chi connectivity index (χ4v) is 4.14. The molecular formula is C15H12O5S2. The Hall–Kier alpha value is -1.83. The van der Waals surface area contributed by atoms with Crippen molar-refractivity contribution in [2.75, 3.05) is 13.2 Å². The van der Waals surface area contributed by atoms with E-state index in [-0.39, 0.29) is 24.8 Å². The average Bonchev–Trinajstić information content (AvgIpc) is 3.12. The van der Waals surface area contributed by atoms with E-state index in [1.807, 2.05) is 0 Å².